The van der Waals surface area contributed by atoms with E-state index < -0.39 is 42.3 Å². The number of carbonyl (C=O) groups excluding carboxylic acids is 2. The summed E-state index contributed by atoms with van der Waals surface area (Å²) in [7, 11) is 0. The van der Waals surface area contributed by atoms with E-state index >= 15 is 0 Å². The smallest absolute Gasteiger partial charge is 0.303 e. The zero-order valence-corrected chi connectivity index (χ0v) is 15.5. The van der Waals surface area contributed by atoms with Gasteiger partial charge in [0.25, 0.3) is 0 Å². The summed E-state index contributed by atoms with van der Waals surface area (Å²) in [5.41, 5.74) is 0. The first-order chi connectivity index (χ1) is 12.2. The predicted octanol–water partition coefficient (Wildman–Crippen LogP) is 0.360. The zero-order chi connectivity index (χ0) is 18.8. The second-order valence-corrected chi connectivity index (χ2v) is 7.77. The molecule has 0 aromatic heterocycles. The molecule has 4 fully saturated rings. The Hall–Kier alpha value is -1.26. The van der Waals surface area contributed by atoms with Gasteiger partial charge < -0.3 is 23.7 Å². The average molecular weight is 371 g/mol. The van der Waals surface area contributed by atoms with E-state index in [1.54, 1.807) is 12.0 Å². The van der Waals surface area contributed by atoms with Gasteiger partial charge in [-0.05, 0) is 20.8 Å². The van der Waals surface area contributed by atoms with Crippen LogP contribution in [0.15, 0.2) is 0 Å². The molecule has 0 saturated carbocycles. The van der Waals surface area contributed by atoms with Crippen LogP contribution in [0.5, 0.6) is 0 Å². The number of esters is 2. The largest absolute Gasteiger partial charge is 0.458 e. The van der Waals surface area contributed by atoms with Gasteiger partial charge in [0.05, 0.1) is 24.6 Å². The number of rotatable bonds is 2. The van der Waals surface area contributed by atoms with E-state index in [-0.39, 0.29) is 24.2 Å². The summed E-state index contributed by atoms with van der Waals surface area (Å²) >= 11 is 0. The number of nitrogens with zero attached hydrogens (tertiary/aromatic N) is 1. The van der Waals surface area contributed by atoms with Crippen LogP contribution in [0.4, 0.5) is 0 Å². The van der Waals surface area contributed by atoms with Crippen LogP contribution in [-0.2, 0) is 38.1 Å². The molecule has 0 aromatic carbocycles. The Morgan fingerprint density at radius 3 is 2.38 bits per heavy atom. The van der Waals surface area contributed by atoms with Crippen molar-refractivity contribution in [3.63, 3.8) is 0 Å². The fourth-order valence-electron chi connectivity index (χ4n) is 4.58. The van der Waals surface area contributed by atoms with Crippen LogP contribution in [0.1, 0.15) is 34.6 Å². The van der Waals surface area contributed by atoms with Crippen molar-refractivity contribution in [1.82, 2.24) is 5.06 Å². The van der Waals surface area contributed by atoms with Crippen molar-refractivity contribution in [2.24, 2.45) is 5.92 Å². The standard InChI is InChI=1S/C17H25NO8/c1-7-13(22-8(2)19)15(23-9(3)20)11-12-14-10(24-17(4,5)25-14)6-18(12)26-16(11)21-7/h7,10-16H,6H2,1-5H3/t7-,10-,11-,12-,13-,14-,15-,16-/m0/s1. The lowest BCUT2D eigenvalue weighted by molar-refractivity contribution is -0.296. The molecule has 9 heteroatoms. The lowest BCUT2D eigenvalue weighted by Crippen LogP contribution is -2.59. The first-order valence-corrected chi connectivity index (χ1v) is 8.95. The van der Waals surface area contributed by atoms with Crippen molar-refractivity contribution >= 4 is 11.9 Å². The number of fused-ring (bicyclic) bond motifs is 5. The van der Waals surface area contributed by atoms with Gasteiger partial charge in [-0.25, -0.2) is 0 Å². The maximum absolute atomic E-state index is 11.7. The van der Waals surface area contributed by atoms with Crippen molar-refractivity contribution < 1.29 is 38.1 Å². The van der Waals surface area contributed by atoms with Crippen molar-refractivity contribution in [1.29, 1.82) is 0 Å². The molecule has 4 rings (SSSR count). The molecule has 146 valence electrons. The molecule has 4 aliphatic heterocycles. The monoisotopic (exact) mass is 371 g/mol. The molecular formula is C17H25NO8. The summed E-state index contributed by atoms with van der Waals surface area (Å²) in [4.78, 5) is 29.3. The summed E-state index contributed by atoms with van der Waals surface area (Å²) in [6, 6.07) is -0.221. The topological polar surface area (TPSA) is 92.8 Å². The van der Waals surface area contributed by atoms with Gasteiger partial charge in [-0.1, -0.05) is 0 Å². The van der Waals surface area contributed by atoms with E-state index in [0.29, 0.717) is 6.54 Å². The first kappa shape index (κ1) is 18.1. The highest BCUT2D eigenvalue weighted by molar-refractivity contribution is 5.67. The molecule has 0 amide bonds. The normalized spacial score (nSPS) is 46.3. The summed E-state index contributed by atoms with van der Waals surface area (Å²) in [5.74, 6) is -1.94. The van der Waals surface area contributed by atoms with Crippen LogP contribution in [0.2, 0.25) is 0 Å². The molecule has 0 unspecified atom stereocenters. The number of carbonyl (C=O) groups is 2. The Bertz CT molecular complexity index is 610. The van der Waals surface area contributed by atoms with Crippen molar-refractivity contribution in [2.75, 3.05) is 6.54 Å². The quantitative estimate of drug-likeness (QED) is 0.638. The SMILES string of the molecule is CC(=O)O[C@@H]1[C@@H](OC(C)=O)[C@H](C)O[C@H]2ON3C[C@@H]4OC(C)(C)O[C@@H]4[C@@H]3[C@H]21. The Morgan fingerprint density at radius 2 is 1.73 bits per heavy atom. The number of ether oxygens (including phenoxy) is 5. The van der Waals surface area contributed by atoms with Crippen molar-refractivity contribution in [3.8, 4) is 0 Å². The minimum atomic E-state index is -0.712. The molecule has 4 heterocycles. The maximum atomic E-state index is 11.7. The molecule has 0 aliphatic carbocycles. The van der Waals surface area contributed by atoms with E-state index in [1.807, 2.05) is 13.8 Å². The molecular weight excluding hydrogens is 346 g/mol. The third-order valence-electron chi connectivity index (χ3n) is 5.32. The van der Waals surface area contributed by atoms with Crippen LogP contribution >= 0.6 is 0 Å². The van der Waals surface area contributed by atoms with Gasteiger partial charge >= 0.3 is 11.9 Å². The molecule has 4 saturated heterocycles. The summed E-state index contributed by atoms with van der Waals surface area (Å²) < 4.78 is 29.0. The van der Waals surface area contributed by atoms with Gasteiger partial charge in [-0.3, -0.25) is 14.4 Å². The van der Waals surface area contributed by atoms with Gasteiger partial charge in [0.2, 0.25) is 0 Å². The summed E-state index contributed by atoms with van der Waals surface area (Å²) in [6.07, 6.45) is -2.85. The number of hydrogen-bond acceptors (Lipinski definition) is 9. The van der Waals surface area contributed by atoms with Crippen molar-refractivity contribution in [3.05, 3.63) is 0 Å². The first-order valence-electron chi connectivity index (χ1n) is 8.95. The van der Waals surface area contributed by atoms with Crippen LogP contribution in [0, 0.1) is 5.92 Å². The van der Waals surface area contributed by atoms with Crippen LogP contribution in [0.3, 0.4) is 0 Å². The van der Waals surface area contributed by atoms with E-state index in [0.717, 1.165) is 0 Å². The highest BCUT2D eigenvalue weighted by Gasteiger charge is 2.66. The second-order valence-electron chi connectivity index (χ2n) is 7.77. The second kappa shape index (κ2) is 6.13. The van der Waals surface area contributed by atoms with Crippen LogP contribution in [-0.4, -0.2) is 72.2 Å². The molecule has 4 aliphatic rings. The Kier molecular flexibility index (Phi) is 4.27. The van der Waals surface area contributed by atoms with Crippen LogP contribution in [0.25, 0.3) is 0 Å². The third-order valence-corrected chi connectivity index (χ3v) is 5.32. The summed E-state index contributed by atoms with van der Waals surface area (Å²) in [5, 5.41) is 1.79. The minimum Gasteiger partial charge on any atom is -0.458 e. The number of hydroxylamine groups is 2. The Labute approximate surface area is 151 Å². The summed E-state index contributed by atoms with van der Waals surface area (Å²) in [6.45, 7) is 8.70. The lowest BCUT2D eigenvalue weighted by Gasteiger charge is -2.42. The van der Waals surface area contributed by atoms with E-state index in [1.165, 1.54) is 13.8 Å². The van der Waals surface area contributed by atoms with Gasteiger partial charge in [0.15, 0.2) is 24.3 Å². The molecule has 9 nitrogen and oxygen atoms in total. The zero-order valence-electron chi connectivity index (χ0n) is 15.5. The number of hydrogen-bond donors (Lipinski definition) is 0. The van der Waals surface area contributed by atoms with Gasteiger partial charge in [-0.2, -0.15) is 5.06 Å². The minimum absolute atomic E-state index is 0.138. The molecule has 8 atom stereocenters. The fourth-order valence-corrected chi connectivity index (χ4v) is 4.58. The van der Waals surface area contributed by atoms with Gasteiger partial charge in [0.1, 0.15) is 12.2 Å². The molecule has 26 heavy (non-hydrogen) atoms. The lowest BCUT2D eigenvalue weighted by atomic mass is 9.84. The molecule has 0 aromatic rings. The highest BCUT2D eigenvalue weighted by Crippen LogP contribution is 2.48. The average Bonchev–Trinajstić information content (AvgIpc) is 3.07. The van der Waals surface area contributed by atoms with E-state index in [2.05, 4.69) is 0 Å². The Balaban J connectivity index is 1.65. The Morgan fingerprint density at radius 1 is 1.08 bits per heavy atom. The van der Waals surface area contributed by atoms with E-state index in [4.69, 9.17) is 28.5 Å². The highest BCUT2D eigenvalue weighted by atomic mass is 16.8. The molecule has 0 bridgehead atoms. The van der Waals surface area contributed by atoms with Gasteiger partial charge in [0, 0.05) is 13.8 Å². The van der Waals surface area contributed by atoms with Crippen LogP contribution < -0.4 is 0 Å². The predicted molar refractivity (Wildman–Crippen MR) is 84.3 cm³/mol. The third kappa shape index (κ3) is 2.91. The maximum Gasteiger partial charge on any atom is 0.303 e. The van der Waals surface area contributed by atoms with E-state index in [9.17, 15) is 9.59 Å². The van der Waals surface area contributed by atoms with Gasteiger partial charge in [-0.15, -0.1) is 0 Å². The van der Waals surface area contributed by atoms with Crippen molar-refractivity contribution in [2.45, 2.75) is 83.3 Å². The molecule has 0 radical (unpaired) electrons. The molecule has 0 spiro atoms. The fraction of sp³-hybridized carbons (Fsp3) is 0.882. The molecule has 0 N–H and O–H groups in total.